The molecule has 0 saturated carbocycles. The minimum Gasteiger partial charge on any atom is -0.492 e. The molecule has 2 heterocycles. The zero-order chi connectivity index (χ0) is 23.5. The Morgan fingerprint density at radius 3 is 2.58 bits per heavy atom. The molecule has 0 unspecified atom stereocenters. The molecule has 0 atom stereocenters. The van der Waals surface area contributed by atoms with E-state index in [-0.39, 0.29) is 23.9 Å². The number of hydrogen-bond acceptors (Lipinski definition) is 5. The number of aromatic nitrogens is 4. The fraction of sp³-hybridized carbons (Fsp3) is 0.280. The number of ether oxygens (including phenoxy) is 1. The van der Waals surface area contributed by atoms with Crippen LogP contribution in [0.15, 0.2) is 59.5 Å². The summed E-state index contributed by atoms with van der Waals surface area (Å²) in [5.74, 6) is 0.244. The Balaban J connectivity index is 1.76. The molecule has 2 aromatic carbocycles. The van der Waals surface area contributed by atoms with Crippen molar-refractivity contribution in [2.75, 3.05) is 11.9 Å². The molecule has 4 aromatic rings. The number of aryl methyl sites for hydroxylation is 1. The van der Waals surface area contributed by atoms with Crippen molar-refractivity contribution in [1.82, 2.24) is 19.6 Å². The van der Waals surface area contributed by atoms with E-state index >= 15 is 0 Å². The van der Waals surface area contributed by atoms with Crippen LogP contribution < -0.4 is 15.6 Å². The molecule has 0 aliphatic carbocycles. The van der Waals surface area contributed by atoms with Crippen molar-refractivity contribution in [3.63, 3.8) is 0 Å². The molecule has 8 nitrogen and oxygen atoms in total. The number of benzene rings is 2. The molecule has 33 heavy (non-hydrogen) atoms. The molecule has 170 valence electrons. The highest BCUT2D eigenvalue weighted by molar-refractivity contribution is 5.92. The standard InChI is InChI=1S/C25H27N5O3/c1-5-33-21-13-9-7-11-19(21)27-22(31)15-29-25(32)24-18(23(28-29)16(2)3)14-26-30(24)20-12-8-6-10-17(20)4/h6-14,16H,5,15H2,1-4H3,(H,27,31). The van der Waals surface area contributed by atoms with Crippen molar-refractivity contribution < 1.29 is 9.53 Å². The summed E-state index contributed by atoms with van der Waals surface area (Å²) in [5.41, 5.74) is 3.10. The molecule has 0 spiro atoms. The second-order valence-electron chi connectivity index (χ2n) is 8.09. The lowest BCUT2D eigenvalue weighted by Gasteiger charge is -2.14. The number of carbonyl (C=O) groups is 1. The van der Waals surface area contributed by atoms with Crippen molar-refractivity contribution in [2.45, 2.75) is 40.2 Å². The van der Waals surface area contributed by atoms with Crippen molar-refractivity contribution in [3.05, 3.63) is 76.3 Å². The number of carbonyl (C=O) groups excluding carboxylic acids is 1. The first-order valence-electron chi connectivity index (χ1n) is 11.0. The summed E-state index contributed by atoms with van der Waals surface area (Å²) in [4.78, 5) is 26.3. The van der Waals surface area contributed by atoms with Gasteiger partial charge in [-0.05, 0) is 43.5 Å². The summed E-state index contributed by atoms with van der Waals surface area (Å²) < 4.78 is 8.43. The SMILES string of the molecule is CCOc1ccccc1NC(=O)Cn1nc(C(C)C)c2cnn(-c3ccccc3C)c2c1=O. The number of rotatable bonds is 7. The average Bonchev–Trinajstić information content (AvgIpc) is 3.22. The van der Waals surface area contributed by atoms with Crippen molar-refractivity contribution in [2.24, 2.45) is 0 Å². The lowest BCUT2D eigenvalue weighted by atomic mass is 10.1. The van der Waals surface area contributed by atoms with Crippen LogP contribution in [0.3, 0.4) is 0 Å². The average molecular weight is 446 g/mol. The number of amides is 1. The number of para-hydroxylation sites is 3. The maximum Gasteiger partial charge on any atom is 0.293 e. The van der Waals surface area contributed by atoms with E-state index in [9.17, 15) is 9.59 Å². The van der Waals surface area contributed by atoms with Gasteiger partial charge in [-0.15, -0.1) is 0 Å². The van der Waals surface area contributed by atoms with Crippen molar-refractivity contribution in [1.29, 1.82) is 0 Å². The summed E-state index contributed by atoms with van der Waals surface area (Å²) in [6.45, 7) is 8.09. The van der Waals surface area contributed by atoms with E-state index < -0.39 is 0 Å². The fourth-order valence-electron chi connectivity index (χ4n) is 3.79. The molecule has 2 aromatic heterocycles. The molecule has 4 rings (SSSR count). The molecule has 8 heteroatoms. The third kappa shape index (κ3) is 4.37. The maximum absolute atomic E-state index is 13.5. The minimum atomic E-state index is -0.372. The van der Waals surface area contributed by atoms with Gasteiger partial charge < -0.3 is 10.1 Å². The minimum absolute atomic E-state index is 0.0376. The summed E-state index contributed by atoms with van der Waals surface area (Å²) in [5, 5.41) is 12.5. The highest BCUT2D eigenvalue weighted by atomic mass is 16.5. The molecule has 0 saturated heterocycles. The van der Waals surface area contributed by atoms with Crippen LogP contribution in [0.25, 0.3) is 16.6 Å². The lowest BCUT2D eigenvalue weighted by Crippen LogP contribution is -2.31. The van der Waals surface area contributed by atoms with Gasteiger partial charge in [-0.25, -0.2) is 9.36 Å². The number of nitrogens with one attached hydrogen (secondary N) is 1. The van der Waals surface area contributed by atoms with E-state index in [2.05, 4.69) is 15.5 Å². The second kappa shape index (κ2) is 9.28. The Labute approximate surface area is 191 Å². The van der Waals surface area contributed by atoms with Gasteiger partial charge in [-0.3, -0.25) is 9.59 Å². The van der Waals surface area contributed by atoms with Crippen LogP contribution in [-0.4, -0.2) is 32.1 Å². The van der Waals surface area contributed by atoms with E-state index in [0.29, 0.717) is 34.6 Å². The Morgan fingerprint density at radius 1 is 1.12 bits per heavy atom. The number of hydrogen-bond donors (Lipinski definition) is 1. The van der Waals surface area contributed by atoms with E-state index in [0.717, 1.165) is 11.3 Å². The molecule has 1 amide bonds. The van der Waals surface area contributed by atoms with Gasteiger partial charge >= 0.3 is 0 Å². The maximum atomic E-state index is 13.5. The quantitative estimate of drug-likeness (QED) is 0.463. The van der Waals surface area contributed by atoms with Gasteiger partial charge in [0.1, 0.15) is 17.8 Å². The summed E-state index contributed by atoms with van der Waals surface area (Å²) in [7, 11) is 0. The smallest absolute Gasteiger partial charge is 0.293 e. The zero-order valence-electron chi connectivity index (χ0n) is 19.2. The molecule has 1 N–H and O–H groups in total. The lowest BCUT2D eigenvalue weighted by molar-refractivity contribution is -0.117. The van der Waals surface area contributed by atoms with E-state index in [1.54, 1.807) is 23.0 Å². The van der Waals surface area contributed by atoms with Gasteiger partial charge in [-0.1, -0.05) is 44.2 Å². The zero-order valence-corrected chi connectivity index (χ0v) is 19.2. The van der Waals surface area contributed by atoms with E-state index in [1.165, 1.54) is 4.68 Å². The van der Waals surface area contributed by atoms with Gasteiger partial charge in [0.15, 0.2) is 0 Å². The van der Waals surface area contributed by atoms with Crippen LogP contribution in [0.5, 0.6) is 5.75 Å². The van der Waals surface area contributed by atoms with Crippen LogP contribution in [-0.2, 0) is 11.3 Å². The summed E-state index contributed by atoms with van der Waals surface area (Å²) in [6, 6.07) is 14.9. The largest absolute Gasteiger partial charge is 0.492 e. The van der Waals surface area contributed by atoms with Crippen LogP contribution in [0.2, 0.25) is 0 Å². The van der Waals surface area contributed by atoms with Crippen molar-refractivity contribution in [3.8, 4) is 11.4 Å². The van der Waals surface area contributed by atoms with Gasteiger partial charge in [0.25, 0.3) is 5.56 Å². The first-order chi connectivity index (χ1) is 15.9. The summed E-state index contributed by atoms with van der Waals surface area (Å²) in [6.07, 6.45) is 1.67. The molecule has 0 bridgehead atoms. The Hall–Kier alpha value is -3.94. The molecule has 0 fully saturated rings. The number of fused-ring (bicyclic) bond motifs is 1. The predicted octanol–water partition coefficient (Wildman–Crippen LogP) is 4.05. The summed E-state index contributed by atoms with van der Waals surface area (Å²) >= 11 is 0. The van der Waals surface area contributed by atoms with Gasteiger partial charge in [0.2, 0.25) is 5.91 Å². The Kier molecular flexibility index (Phi) is 6.26. The molecule has 0 radical (unpaired) electrons. The number of anilines is 1. The highest BCUT2D eigenvalue weighted by Gasteiger charge is 2.20. The van der Waals surface area contributed by atoms with Crippen molar-refractivity contribution >= 4 is 22.5 Å². The molecular formula is C25H27N5O3. The first kappa shape index (κ1) is 22.3. The van der Waals surface area contributed by atoms with E-state index in [4.69, 9.17) is 4.74 Å². The third-order valence-corrected chi connectivity index (χ3v) is 5.36. The molecular weight excluding hydrogens is 418 g/mol. The van der Waals surface area contributed by atoms with Crippen LogP contribution in [0, 0.1) is 6.92 Å². The van der Waals surface area contributed by atoms with Gasteiger partial charge in [0, 0.05) is 5.39 Å². The van der Waals surface area contributed by atoms with Crippen LogP contribution >= 0.6 is 0 Å². The second-order valence-corrected chi connectivity index (χ2v) is 8.09. The highest BCUT2D eigenvalue weighted by Crippen LogP contribution is 2.25. The Bertz CT molecular complexity index is 1370. The molecule has 0 aliphatic rings. The number of nitrogens with zero attached hydrogens (tertiary/aromatic N) is 4. The monoisotopic (exact) mass is 445 g/mol. The van der Waals surface area contributed by atoms with Gasteiger partial charge in [0.05, 0.1) is 29.9 Å². The van der Waals surface area contributed by atoms with Crippen LogP contribution in [0.1, 0.15) is 37.9 Å². The van der Waals surface area contributed by atoms with Crippen LogP contribution in [0.4, 0.5) is 5.69 Å². The normalized spacial score (nSPS) is 11.2. The van der Waals surface area contributed by atoms with Gasteiger partial charge in [-0.2, -0.15) is 10.2 Å². The first-order valence-corrected chi connectivity index (χ1v) is 11.0. The Morgan fingerprint density at radius 2 is 1.85 bits per heavy atom. The third-order valence-electron chi connectivity index (χ3n) is 5.36. The predicted molar refractivity (Wildman–Crippen MR) is 128 cm³/mol. The molecule has 0 aliphatic heterocycles. The fourth-order valence-corrected chi connectivity index (χ4v) is 3.79. The van der Waals surface area contributed by atoms with E-state index in [1.807, 2.05) is 64.1 Å². The topological polar surface area (TPSA) is 91.0 Å².